The molecule has 0 saturated heterocycles. The standard InChI is InChI=1S/C21H23ClF3NO3.ClH/c22-17-5-1-3-15(11-17)4-2-10-29-19-7-6-16(12-18(19)21(23,24)25)8-9-20(26,13-27)14-28;/h1-7,11-12,27-28H,8-10,13-14,26H2;1H/b4-2+;. The van der Waals surface area contributed by atoms with Crippen molar-refractivity contribution < 1.29 is 28.1 Å². The van der Waals surface area contributed by atoms with E-state index in [9.17, 15) is 23.4 Å². The Labute approximate surface area is 184 Å². The summed E-state index contributed by atoms with van der Waals surface area (Å²) in [5.74, 6) is -0.277. The maximum atomic E-state index is 13.4. The predicted octanol–water partition coefficient (Wildman–Crippen LogP) is 4.49. The van der Waals surface area contributed by atoms with Crippen molar-refractivity contribution in [2.24, 2.45) is 5.73 Å². The molecule has 0 aliphatic heterocycles. The van der Waals surface area contributed by atoms with Crippen LogP contribution in [-0.2, 0) is 12.6 Å². The molecule has 0 heterocycles. The molecule has 0 aliphatic rings. The molecule has 9 heteroatoms. The maximum Gasteiger partial charge on any atom is 0.419 e. The van der Waals surface area contributed by atoms with Crippen LogP contribution in [0.2, 0.25) is 5.02 Å². The van der Waals surface area contributed by atoms with Gasteiger partial charge in [-0.3, -0.25) is 0 Å². The minimum Gasteiger partial charge on any atom is -0.489 e. The SMILES string of the molecule is Cl.NC(CO)(CO)CCc1ccc(OC/C=C/c2cccc(Cl)c2)c(C(F)(F)F)c1. The number of aliphatic hydroxyl groups excluding tert-OH is 2. The zero-order valence-corrected chi connectivity index (χ0v) is 17.6. The van der Waals surface area contributed by atoms with Gasteiger partial charge in [-0.1, -0.05) is 35.9 Å². The van der Waals surface area contributed by atoms with E-state index in [1.807, 2.05) is 6.07 Å². The minimum atomic E-state index is -4.59. The Kier molecular flexibility index (Phi) is 10.1. The van der Waals surface area contributed by atoms with Crippen molar-refractivity contribution in [1.29, 1.82) is 0 Å². The summed E-state index contributed by atoms with van der Waals surface area (Å²) in [6, 6.07) is 10.8. The van der Waals surface area contributed by atoms with Crippen LogP contribution in [0, 0.1) is 0 Å². The summed E-state index contributed by atoms with van der Waals surface area (Å²) >= 11 is 5.89. The van der Waals surface area contributed by atoms with E-state index < -0.39 is 30.5 Å². The van der Waals surface area contributed by atoms with Gasteiger partial charge in [0.25, 0.3) is 0 Å². The molecule has 0 spiro atoms. The number of hydrogen-bond donors (Lipinski definition) is 3. The third-order valence-electron chi connectivity index (χ3n) is 4.38. The third kappa shape index (κ3) is 7.81. The molecule has 4 nitrogen and oxygen atoms in total. The van der Waals surface area contributed by atoms with E-state index in [0.717, 1.165) is 11.6 Å². The van der Waals surface area contributed by atoms with E-state index in [1.165, 1.54) is 12.1 Å². The fraction of sp³-hybridized carbons (Fsp3) is 0.333. The van der Waals surface area contributed by atoms with Gasteiger partial charge in [-0.15, -0.1) is 12.4 Å². The number of benzene rings is 2. The molecular weight excluding hydrogens is 442 g/mol. The largest absolute Gasteiger partial charge is 0.489 e. The molecule has 0 radical (unpaired) electrons. The first-order valence-corrected chi connectivity index (χ1v) is 9.30. The summed E-state index contributed by atoms with van der Waals surface area (Å²) < 4.78 is 45.6. The van der Waals surface area contributed by atoms with Gasteiger partial charge in [0.15, 0.2) is 0 Å². The summed E-state index contributed by atoms with van der Waals surface area (Å²) in [6.45, 7) is -0.971. The molecule has 0 bridgehead atoms. The number of nitrogens with two attached hydrogens (primary N) is 1. The molecular formula is C21H24Cl2F3NO3. The van der Waals surface area contributed by atoms with Crippen LogP contribution in [0.25, 0.3) is 6.08 Å². The van der Waals surface area contributed by atoms with Crippen LogP contribution in [0.3, 0.4) is 0 Å². The van der Waals surface area contributed by atoms with Gasteiger partial charge in [0.1, 0.15) is 12.4 Å². The monoisotopic (exact) mass is 465 g/mol. The second-order valence-corrected chi connectivity index (χ2v) is 7.21. The van der Waals surface area contributed by atoms with E-state index in [0.29, 0.717) is 10.6 Å². The highest BCUT2D eigenvalue weighted by atomic mass is 35.5. The van der Waals surface area contributed by atoms with Crippen LogP contribution in [0.4, 0.5) is 13.2 Å². The number of aliphatic hydroxyl groups is 2. The number of halogens is 5. The van der Waals surface area contributed by atoms with Gasteiger partial charge < -0.3 is 20.7 Å². The Morgan fingerprint density at radius 3 is 2.37 bits per heavy atom. The molecule has 2 aromatic carbocycles. The molecule has 0 amide bonds. The van der Waals surface area contributed by atoms with Crippen LogP contribution in [0.15, 0.2) is 48.5 Å². The van der Waals surface area contributed by atoms with Crippen LogP contribution in [0.1, 0.15) is 23.1 Å². The van der Waals surface area contributed by atoms with Crippen LogP contribution in [0.5, 0.6) is 5.75 Å². The van der Waals surface area contributed by atoms with Crippen molar-refractivity contribution in [3.8, 4) is 5.75 Å². The van der Waals surface area contributed by atoms with E-state index in [1.54, 1.807) is 30.4 Å². The summed E-state index contributed by atoms with van der Waals surface area (Å²) in [4.78, 5) is 0. The first-order valence-electron chi connectivity index (χ1n) is 8.92. The van der Waals surface area contributed by atoms with Gasteiger partial charge in [-0.25, -0.2) is 0 Å². The van der Waals surface area contributed by atoms with Crippen molar-refractivity contribution in [3.63, 3.8) is 0 Å². The topological polar surface area (TPSA) is 75.7 Å². The predicted molar refractivity (Wildman–Crippen MR) is 114 cm³/mol. The Bertz CT molecular complexity index is 840. The lowest BCUT2D eigenvalue weighted by Crippen LogP contribution is -2.47. The van der Waals surface area contributed by atoms with Gasteiger partial charge in [0.2, 0.25) is 0 Å². The second-order valence-electron chi connectivity index (χ2n) is 6.78. The Morgan fingerprint density at radius 2 is 1.77 bits per heavy atom. The lowest BCUT2D eigenvalue weighted by Gasteiger charge is -2.24. The number of hydrogen-bond acceptors (Lipinski definition) is 4. The molecule has 4 N–H and O–H groups in total. The Morgan fingerprint density at radius 1 is 1.07 bits per heavy atom. The second kappa shape index (κ2) is 11.6. The lowest BCUT2D eigenvalue weighted by molar-refractivity contribution is -0.138. The molecule has 166 valence electrons. The molecule has 2 aromatic rings. The van der Waals surface area contributed by atoms with Crippen molar-refractivity contribution >= 4 is 30.1 Å². The fourth-order valence-corrected chi connectivity index (χ4v) is 2.81. The summed E-state index contributed by atoms with van der Waals surface area (Å²) in [5, 5.41) is 19.0. The number of alkyl halides is 3. The smallest absolute Gasteiger partial charge is 0.419 e. The van der Waals surface area contributed by atoms with Gasteiger partial charge in [-0.2, -0.15) is 13.2 Å². The van der Waals surface area contributed by atoms with Gasteiger partial charge >= 0.3 is 6.18 Å². The minimum absolute atomic E-state index is 0. The highest BCUT2D eigenvalue weighted by Gasteiger charge is 2.35. The average molecular weight is 466 g/mol. The normalized spacial score (nSPS) is 12.1. The van der Waals surface area contributed by atoms with Gasteiger partial charge in [-0.05, 0) is 54.3 Å². The maximum absolute atomic E-state index is 13.4. The van der Waals surface area contributed by atoms with Crippen LogP contribution in [-0.4, -0.2) is 35.6 Å². The fourth-order valence-electron chi connectivity index (χ4n) is 2.61. The number of rotatable bonds is 9. The first kappa shape index (κ1) is 26.3. The lowest BCUT2D eigenvalue weighted by atomic mass is 9.93. The quantitative estimate of drug-likeness (QED) is 0.509. The molecule has 30 heavy (non-hydrogen) atoms. The van der Waals surface area contributed by atoms with E-state index in [4.69, 9.17) is 22.1 Å². The zero-order chi connectivity index (χ0) is 21.5. The van der Waals surface area contributed by atoms with Crippen molar-refractivity contribution in [2.75, 3.05) is 19.8 Å². The summed E-state index contributed by atoms with van der Waals surface area (Å²) in [5.41, 5.74) is 4.84. The molecule has 0 aliphatic carbocycles. The van der Waals surface area contributed by atoms with Crippen LogP contribution >= 0.6 is 24.0 Å². The van der Waals surface area contributed by atoms with Crippen molar-refractivity contribution in [3.05, 3.63) is 70.3 Å². The van der Waals surface area contributed by atoms with Gasteiger partial charge in [0.05, 0.1) is 24.3 Å². The van der Waals surface area contributed by atoms with Crippen molar-refractivity contribution in [2.45, 2.75) is 24.6 Å². The highest BCUT2D eigenvalue weighted by molar-refractivity contribution is 6.30. The third-order valence-corrected chi connectivity index (χ3v) is 4.62. The summed E-state index contributed by atoms with van der Waals surface area (Å²) in [6.07, 6.45) is -0.964. The van der Waals surface area contributed by atoms with E-state index >= 15 is 0 Å². The zero-order valence-electron chi connectivity index (χ0n) is 16.0. The molecule has 0 unspecified atom stereocenters. The average Bonchev–Trinajstić information content (AvgIpc) is 2.69. The van der Waals surface area contributed by atoms with Crippen LogP contribution < -0.4 is 10.5 Å². The number of aryl methyl sites for hydroxylation is 1. The summed E-state index contributed by atoms with van der Waals surface area (Å²) in [7, 11) is 0. The molecule has 0 fully saturated rings. The Hall–Kier alpha value is -1.77. The van der Waals surface area contributed by atoms with E-state index in [-0.39, 0.29) is 37.6 Å². The van der Waals surface area contributed by atoms with E-state index in [2.05, 4.69) is 0 Å². The highest BCUT2D eigenvalue weighted by Crippen LogP contribution is 2.37. The molecule has 0 aromatic heterocycles. The molecule has 0 saturated carbocycles. The Balaban J connectivity index is 0.00000450. The number of ether oxygens (including phenoxy) is 1. The first-order chi connectivity index (χ1) is 13.7. The van der Waals surface area contributed by atoms with Crippen molar-refractivity contribution in [1.82, 2.24) is 0 Å². The van der Waals surface area contributed by atoms with Gasteiger partial charge in [0, 0.05) is 5.02 Å². The molecule has 2 rings (SSSR count). The molecule has 0 atom stereocenters.